The molecule has 2 unspecified atom stereocenters. The molecule has 0 aromatic rings. The second-order valence-corrected chi connectivity index (χ2v) is 7.02. The van der Waals surface area contributed by atoms with Crippen molar-refractivity contribution in [2.75, 3.05) is 13.7 Å². The van der Waals surface area contributed by atoms with Gasteiger partial charge >= 0.3 is 5.97 Å². The third kappa shape index (κ3) is 6.90. The summed E-state index contributed by atoms with van der Waals surface area (Å²) in [4.78, 5) is 26.2. The van der Waals surface area contributed by atoms with Gasteiger partial charge in [0.15, 0.2) is 12.2 Å². The van der Waals surface area contributed by atoms with Gasteiger partial charge in [0.05, 0.1) is 0 Å². The molecule has 5 nitrogen and oxygen atoms in total. The summed E-state index contributed by atoms with van der Waals surface area (Å²) in [6, 6.07) is 0.275. The first-order valence-corrected chi connectivity index (χ1v) is 8.91. The van der Waals surface area contributed by atoms with E-state index < -0.39 is 18.2 Å². The average Bonchev–Trinajstić information content (AvgIpc) is 2.53. The lowest BCUT2D eigenvalue weighted by Gasteiger charge is -2.32. The number of rotatable bonds is 8. The molecule has 0 aromatic heterocycles. The number of hydrogen-bond acceptors (Lipinski definition) is 4. The van der Waals surface area contributed by atoms with Crippen molar-refractivity contribution in [3.63, 3.8) is 0 Å². The van der Waals surface area contributed by atoms with Crippen LogP contribution >= 0.6 is 0 Å². The van der Waals surface area contributed by atoms with Crippen LogP contribution in [0.4, 0.5) is 0 Å². The minimum atomic E-state index is -0.759. The van der Waals surface area contributed by atoms with Crippen molar-refractivity contribution in [3.05, 3.63) is 0 Å². The molecule has 0 aliphatic heterocycles. The number of likely N-dealkylation sites (N-methyl/N-ethyl adjacent to an activating group) is 1. The standard InChI is InChI=1S/C18H33NO4/c1-13(2)11-12-22-15(4)18(21)23-14(3)17(20)19(5)16-9-7-6-8-10-16/h13-16H,6-12H2,1-5H3. The largest absolute Gasteiger partial charge is 0.451 e. The number of carbonyl (C=O) groups excluding carboxylic acids is 2. The molecule has 23 heavy (non-hydrogen) atoms. The van der Waals surface area contributed by atoms with Gasteiger partial charge in [0.2, 0.25) is 0 Å². The van der Waals surface area contributed by atoms with Crippen molar-refractivity contribution < 1.29 is 19.1 Å². The molecule has 5 heteroatoms. The highest BCUT2D eigenvalue weighted by molar-refractivity contribution is 5.84. The van der Waals surface area contributed by atoms with Crippen molar-refractivity contribution >= 4 is 11.9 Å². The maximum atomic E-state index is 12.4. The Labute approximate surface area is 140 Å². The molecule has 0 spiro atoms. The van der Waals surface area contributed by atoms with E-state index in [-0.39, 0.29) is 11.9 Å². The molecule has 0 bridgehead atoms. The molecule has 0 saturated heterocycles. The van der Waals surface area contributed by atoms with Crippen LogP contribution in [-0.4, -0.2) is 48.7 Å². The molecule has 134 valence electrons. The van der Waals surface area contributed by atoms with Crippen molar-refractivity contribution in [2.45, 2.75) is 84.5 Å². The second-order valence-electron chi connectivity index (χ2n) is 7.02. The Bertz CT molecular complexity index is 377. The predicted molar refractivity (Wildman–Crippen MR) is 90.1 cm³/mol. The molecule has 1 amide bonds. The van der Waals surface area contributed by atoms with Crippen LogP contribution in [0.1, 0.15) is 66.2 Å². The van der Waals surface area contributed by atoms with Crippen LogP contribution in [0.25, 0.3) is 0 Å². The normalized spacial score (nSPS) is 18.5. The lowest BCUT2D eigenvalue weighted by atomic mass is 9.94. The van der Waals surface area contributed by atoms with Gasteiger partial charge in [0.25, 0.3) is 5.91 Å². The van der Waals surface area contributed by atoms with Crippen molar-refractivity contribution in [1.29, 1.82) is 0 Å². The minimum absolute atomic E-state index is 0.125. The maximum Gasteiger partial charge on any atom is 0.335 e. The van der Waals surface area contributed by atoms with E-state index in [4.69, 9.17) is 9.47 Å². The van der Waals surface area contributed by atoms with E-state index in [1.165, 1.54) is 6.42 Å². The average molecular weight is 327 g/mol. The first-order valence-electron chi connectivity index (χ1n) is 8.91. The SMILES string of the molecule is CC(C)CCOC(C)C(=O)OC(C)C(=O)N(C)C1CCCCC1. The molecule has 1 aliphatic carbocycles. The summed E-state index contributed by atoms with van der Waals surface area (Å²) in [5, 5.41) is 0. The Morgan fingerprint density at radius 1 is 1.04 bits per heavy atom. The van der Waals surface area contributed by atoms with Gasteiger partial charge in [-0.05, 0) is 39.0 Å². The van der Waals surface area contributed by atoms with E-state index in [2.05, 4.69) is 13.8 Å². The van der Waals surface area contributed by atoms with Gasteiger partial charge < -0.3 is 14.4 Å². The molecule has 1 saturated carbocycles. The first kappa shape index (κ1) is 19.9. The fourth-order valence-corrected chi connectivity index (χ4v) is 2.80. The molecular weight excluding hydrogens is 294 g/mol. The third-order valence-electron chi connectivity index (χ3n) is 4.51. The molecule has 2 atom stereocenters. The monoisotopic (exact) mass is 327 g/mol. The highest BCUT2D eigenvalue weighted by Gasteiger charge is 2.29. The smallest absolute Gasteiger partial charge is 0.335 e. The van der Waals surface area contributed by atoms with Crippen molar-refractivity contribution in [3.8, 4) is 0 Å². The van der Waals surface area contributed by atoms with Gasteiger partial charge in [-0.2, -0.15) is 0 Å². The zero-order valence-electron chi connectivity index (χ0n) is 15.3. The van der Waals surface area contributed by atoms with Crippen LogP contribution in [0.5, 0.6) is 0 Å². The number of esters is 1. The quantitative estimate of drug-likeness (QED) is 0.643. The fourth-order valence-electron chi connectivity index (χ4n) is 2.80. The van der Waals surface area contributed by atoms with Crippen LogP contribution in [0.2, 0.25) is 0 Å². The molecule has 0 radical (unpaired) electrons. The zero-order chi connectivity index (χ0) is 17.4. The zero-order valence-corrected chi connectivity index (χ0v) is 15.3. The third-order valence-corrected chi connectivity index (χ3v) is 4.51. The lowest BCUT2D eigenvalue weighted by molar-refractivity contribution is -0.168. The number of amides is 1. The van der Waals surface area contributed by atoms with Crippen LogP contribution in [0.15, 0.2) is 0 Å². The molecule has 0 heterocycles. The minimum Gasteiger partial charge on any atom is -0.451 e. The summed E-state index contributed by atoms with van der Waals surface area (Å²) in [5.41, 5.74) is 0. The van der Waals surface area contributed by atoms with E-state index in [1.807, 2.05) is 7.05 Å². The second kappa shape index (κ2) is 9.91. The van der Waals surface area contributed by atoms with Gasteiger partial charge in [0, 0.05) is 19.7 Å². The first-order chi connectivity index (χ1) is 10.8. The van der Waals surface area contributed by atoms with Gasteiger partial charge in [-0.3, -0.25) is 4.79 Å². The highest BCUT2D eigenvalue weighted by Crippen LogP contribution is 2.22. The number of carbonyl (C=O) groups is 2. The van der Waals surface area contributed by atoms with Crippen molar-refractivity contribution in [1.82, 2.24) is 4.90 Å². The summed E-state index contributed by atoms with van der Waals surface area (Å²) in [6.07, 6.45) is 5.16. The fraction of sp³-hybridized carbons (Fsp3) is 0.889. The topological polar surface area (TPSA) is 55.8 Å². The molecule has 1 rings (SSSR count). The van der Waals surface area contributed by atoms with E-state index in [0.717, 1.165) is 32.1 Å². The van der Waals surface area contributed by atoms with E-state index in [1.54, 1.807) is 18.7 Å². The van der Waals surface area contributed by atoms with Gasteiger partial charge in [-0.15, -0.1) is 0 Å². The summed E-state index contributed by atoms with van der Waals surface area (Å²) >= 11 is 0. The predicted octanol–water partition coefficient (Wildman–Crippen LogP) is 3.16. The summed E-state index contributed by atoms with van der Waals surface area (Å²) in [7, 11) is 1.81. The molecule has 0 aromatic carbocycles. The number of nitrogens with zero attached hydrogens (tertiary/aromatic N) is 1. The van der Waals surface area contributed by atoms with Gasteiger partial charge in [0.1, 0.15) is 0 Å². The number of ether oxygens (including phenoxy) is 2. The van der Waals surface area contributed by atoms with Crippen molar-refractivity contribution in [2.24, 2.45) is 5.92 Å². The molecule has 0 N–H and O–H groups in total. The highest BCUT2D eigenvalue weighted by atomic mass is 16.6. The Balaban J connectivity index is 2.39. The van der Waals surface area contributed by atoms with Crippen LogP contribution in [-0.2, 0) is 19.1 Å². The Morgan fingerprint density at radius 3 is 2.22 bits per heavy atom. The summed E-state index contributed by atoms with van der Waals surface area (Å²) in [5.74, 6) is -0.0610. The van der Waals surface area contributed by atoms with E-state index in [0.29, 0.717) is 12.5 Å². The Hall–Kier alpha value is -1.10. The molecule has 1 aliphatic rings. The number of hydrogen-bond donors (Lipinski definition) is 0. The Morgan fingerprint density at radius 2 is 1.65 bits per heavy atom. The Kier molecular flexibility index (Phi) is 8.59. The summed E-state index contributed by atoms with van der Waals surface area (Å²) < 4.78 is 10.8. The summed E-state index contributed by atoms with van der Waals surface area (Å²) in [6.45, 7) is 8.05. The molecule has 1 fully saturated rings. The lowest BCUT2D eigenvalue weighted by Crippen LogP contribution is -2.45. The van der Waals surface area contributed by atoms with E-state index in [9.17, 15) is 9.59 Å². The van der Waals surface area contributed by atoms with Crippen LogP contribution < -0.4 is 0 Å². The van der Waals surface area contributed by atoms with Crippen LogP contribution in [0, 0.1) is 5.92 Å². The van der Waals surface area contributed by atoms with E-state index >= 15 is 0 Å². The van der Waals surface area contributed by atoms with Crippen LogP contribution in [0.3, 0.4) is 0 Å². The van der Waals surface area contributed by atoms with Gasteiger partial charge in [-0.1, -0.05) is 33.1 Å². The maximum absolute atomic E-state index is 12.4. The molecular formula is C18H33NO4. The van der Waals surface area contributed by atoms with Gasteiger partial charge in [-0.25, -0.2) is 4.79 Å².